The Hall–Kier alpha value is -0.910. The summed E-state index contributed by atoms with van der Waals surface area (Å²) in [5, 5.41) is 0. The Morgan fingerprint density at radius 3 is 2.43 bits per heavy atom. The van der Waals surface area contributed by atoms with Crippen LogP contribution in [0.25, 0.3) is 0 Å². The van der Waals surface area contributed by atoms with Gasteiger partial charge in [0, 0.05) is 14.5 Å². The second-order valence-corrected chi connectivity index (χ2v) is 7.15. The molecule has 21 heavy (non-hydrogen) atoms. The van der Waals surface area contributed by atoms with Gasteiger partial charge in [-0.1, -0.05) is 42.0 Å². The molecule has 2 N–H and O–H groups in total. The minimum atomic E-state index is 0.361. The molecule has 0 fully saturated rings. The maximum Gasteiger partial charge on any atom is 0.130 e. The molecule has 5 heteroatoms. The fourth-order valence-electron chi connectivity index (χ4n) is 1.95. The molecule has 0 aliphatic carbocycles. The summed E-state index contributed by atoms with van der Waals surface area (Å²) in [6, 6.07) is 11.6. The SMILES string of the molecule is CC(C)c1cc(Br)ccc1Oc1ccc(C(N)=S)c(Br)c1. The van der Waals surface area contributed by atoms with Crippen molar-refractivity contribution in [2.45, 2.75) is 19.8 Å². The van der Waals surface area contributed by atoms with Gasteiger partial charge in [-0.25, -0.2) is 0 Å². The Kier molecular flexibility index (Phi) is 5.41. The lowest BCUT2D eigenvalue weighted by Gasteiger charge is -2.15. The van der Waals surface area contributed by atoms with Gasteiger partial charge in [-0.3, -0.25) is 0 Å². The standard InChI is InChI=1S/C16H15Br2NOS/c1-9(2)13-7-10(17)3-6-15(13)20-11-4-5-12(16(19)21)14(18)8-11/h3-9H,1-2H3,(H2,19,21). The Bertz CT molecular complexity index is 686. The first-order chi connectivity index (χ1) is 9.88. The van der Waals surface area contributed by atoms with Crippen molar-refractivity contribution in [2.24, 2.45) is 5.73 Å². The first-order valence-electron chi connectivity index (χ1n) is 6.45. The Balaban J connectivity index is 2.34. The first kappa shape index (κ1) is 16.5. The predicted octanol–water partition coefficient (Wildman–Crippen LogP) is 5.76. The van der Waals surface area contributed by atoms with Gasteiger partial charge in [-0.15, -0.1) is 0 Å². The van der Waals surface area contributed by atoms with Crippen LogP contribution in [0.15, 0.2) is 45.3 Å². The molecule has 0 amide bonds. The van der Waals surface area contributed by atoms with Crippen LogP contribution in [0.4, 0.5) is 0 Å². The van der Waals surface area contributed by atoms with E-state index in [1.807, 2.05) is 30.3 Å². The lowest BCUT2D eigenvalue weighted by Crippen LogP contribution is -2.09. The van der Waals surface area contributed by atoms with Crippen molar-refractivity contribution in [3.8, 4) is 11.5 Å². The number of benzene rings is 2. The predicted molar refractivity (Wildman–Crippen MR) is 98.3 cm³/mol. The van der Waals surface area contributed by atoms with Crippen LogP contribution in [0.3, 0.4) is 0 Å². The van der Waals surface area contributed by atoms with Gasteiger partial charge in [0.1, 0.15) is 16.5 Å². The molecule has 0 unspecified atom stereocenters. The Labute approximate surface area is 146 Å². The third-order valence-corrected chi connectivity index (χ3v) is 4.40. The second kappa shape index (κ2) is 6.90. The molecule has 0 radical (unpaired) electrons. The Morgan fingerprint density at radius 2 is 1.86 bits per heavy atom. The van der Waals surface area contributed by atoms with Crippen molar-refractivity contribution < 1.29 is 4.74 Å². The van der Waals surface area contributed by atoms with Gasteiger partial charge in [0.2, 0.25) is 0 Å². The summed E-state index contributed by atoms with van der Waals surface area (Å²) >= 11 is 12.0. The highest BCUT2D eigenvalue weighted by molar-refractivity contribution is 9.10. The first-order valence-corrected chi connectivity index (χ1v) is 8.44. The topological polar surface area (TPSA) is 35.2 Å². The highest BCUT2D eigenvalue weighted by atomic mass is 79.9. The molecule has 0 bridgehead atoms. The lowest BCUT2D eigenvalue weighted by atomic mass is 10.0. The summed E-state index contributed by atoms with van der Waals surface area (Å²) in [7, 11) is 0. The summed E-state index contributed by atoms with van der Waals surface area (Å²) in [6.07, 6.45) is 0. The monoisotopic (exact) mass is 427 g/mol. The van der Waals surface area contributed by atoms with Gasteiger partial charge in [0.15, 0.2) is 0 Å². The fraction of sp³-hybridized carbons (Fsp3) is 0.188. The highest BCUT2D eigenvalue weighted by Gasteiger charge is 2.11. The van der Waals surface area contributed by atoms with Crippen LogP contribution in [-0.2, 0) is 0 Å². The minimum Gasteiger partial charge on any atom is -0.457 e. The molecule has 0 heterocycles. The van der Waals surface area contributed by atoms with Crippen LogP contribution in [-0.4, -0.2) is 4.99 Å². The zero-order valence-corrected chi connectivity index (χ0v) is 15.7. The molecule has 110 valence electrons. The maximum atomic E-state index is 6.01. The van der Waals surface area contributed by atoms with Crippen molar-refractivity contribution in [1.82, 2.24) is 0 Å². The average Bonchev–Trinajstić information content (AvgIpc) is 2.40. The fourth-order valence-corrected chi connectivity index (χ4v) is 3.21. The largest absolute Gasteiger partial charge is 0.457 e. The molecule has 0 spiro atoms. The van der Waals surface area contributed by atoms with Gasteiger partial charge in [0.05, 0.1) is 0 Å². The normalized spacial score (nSPS) is 10.7. The third kappa shape index (κ3) is 4.05. The summed E-state index contributed by atoms with van der Waals surface area (Å²) in [6.45, 7) is 4.28. The quantitative estimate of drug-likeness (QED) is 0.628. The van der Waals surface area contributed by atoms with E-state index in [4.69, 9.17) is 22.7 Å². The smallest absolute Gasteiger partial charge is 0.130 e. The van der Waals surface area contributed by atoms with E-state index >= 15 is 0 Å². The molecular formula is C16H15Br2NOS. The molecule has 0 saturated carbocycles. The van der Waals surface area contributed by atoms with Crippen LogP contribution < -0.4 is 10.5 Å². The number of hydrogen-bond donors (Lipinski definition) is 1. The number of rotatable bonds is 4. The number of nitrogens with two attached hydrogens (primary N) is 1. The summed E-state index contributed by atoms with van der Waals surface area (Å²) in [5.74, 6) is 1.96. The van der Waals surface area contributed by atoms with Gasteiger partial charge >= 0.3 is 0 Å². The van der Waals surface area contributed by atoms with Crippen molar-refractivity contribution >= 4 is 49.1 Å². The molecule has 2 aromatic rings. The highest BCUT2D eigenvalue weighted by Crippen LogP contribution is 2.34. The molecule has 0 aliphatic heterocycles. The molecule has 0 aromatic heterocycles. The van der Waals surface area contributed by atoms with E-state index in [2.05, 4.69) is 51.8 Å². The zero-order chi connectivity index (χ0) is 15.6. The molecular weight excluding hydrogens is 414 g/mol. The summed E-state index contributed by atoms with van der Waals surface area (Å²) in [4.78, 5) is 0.361. The Morgan fingerprint density at radius 1 is 1.14 bits per heavy atom. The van der Waals surface area contributed by atoms with Crippen molar-refractivity contribution in [1.29, 1.82) is 0 Å². The molecule has 0 aliphatic rings. The summed E-state index contributed by atoms with van der Waals surface area (Å²) in [5.41, 5.74) is 7.61. The van der Waals surface area contributed by atoms with E-state index in [0.29, 0.717) is 10.9 Å². The van der Waals surface area contributed by atoms with Crippen LogP contribution in [0.5, 0.6) is 11.5 Å². The van der Waals surface area contributed by atoms with E-state index in [1.165, 1.54) is 0 Å². The van der Waals surface area contributed by atoms with Crippen molar-refractivity contribution in [3.63, 3.8) is 0 Å². The number of thiocarbonyl (C=S) groups is 1. The second-order valence-electron chi connectivity index (χ2n) is 4.94. The van der Waals surface area contributed by atoms with E-state index in [9.17, 15) is 0 Å². The van der Waals surface area contributed by atoms with Crippen LogP contribution in [0, 0.1) is 0 Å². The number of halogens is 2. The van der Waals surface area contributed by atoms with Gasteiger partial charge in [-0.05, 0) is 63.8 Å². The van der Waals surface area contributed by atoms with Gasteiger partial charge in [0.25, 0.3) is 0 Å². The lowest BCUT2D eigenvalue weighted by molar-refractivity contribution is 0.472. The molecule has 2 nitrogen and oxygen atoms in total. The molecule has 0 atom stereocenters. The van der Waals surface area contributed by atoms with E-state index in [0.717, 1.165) is 31.6 Å². The van der Waals surface area contributed by atoms with E-state index in [-0.39, 0.29) is 0 Å². The molecule has 2 rings (SSSR count). The molecule has 2 aromatic carbocycles. The summed E-state index contributed by atoms with van der Waals surface area (Å²) < 4.78 is 7.88. The van der Waals surface area contributed by atoms with Gasteiger partial charge < -0.3 is 10.5 Å². The van der Waals surface area contributed by atoms with Gasteiger partial charge in [-0.2, -0.15) is 0 Å². The van der Waals surface area contributed by atoms with Crippen molar-refractivity contribution in [2.75, 3.05) is 0 Å². The average molecular weight is 429 g/mol. The number of hydrogen-bond acceptors (Lipinski definition) is 2. The van der Waals surface area contributed by atoms with E-state index in [1.54, 1.807) is 0 Å². The maximum absolute atomic E-state index is 6.01. The van der Waals surface area contributed by atoms with Crippen LogP contribution in [0.1, 0.15) is 30.9 Å². The zero-order valence-electron chi connectivity index (χ0n) is 11.7. The van der Waals surface area contributed by atoms with Crippen molar-refractivity contribution in [3.05, 3.63) is 56.5 Å². The molecule has 0 saturated heterocycles. The van der Waals surface area contributed by atoms with Crippen LogP contribution >= 0.6 is 44.1 Å². The number of ether oxygens (including phenoxy) is 1. The van der Waals surface area contributed by atoms with Crippen LogP contribution in [0.2, 0.25) is 0 Å². The minimum absolute atomic E-state index is 0.361. The van der Waals surface area contributed by atoms with E-state index < -0.39 is 0 Å². The third-order valence-electron chi connectivity index (χ3n) is 3.03.